The van der Waals surface area contributed by atoms with Crippen LogP contribution in [0.1, 0.15) is 37.7 Å². The number of ether oxygens (including phenoxy) is 1. The Morgan fingerprint density at radius 2 is 1.97 bits per heavy atom. The number of carbonyl (C=O) groups is 1. The van der Waals surface area contributed by atoms with Crippen molar-refractivity contribution in [3.63, 3.8) is 0 Å². The molecular formula is C24H30N4O2. The Balaban J connectivity index is 1.38. The maximum Gasteiger partial charge on any atom is 0.237 e. The van der Waals surface area contributed by atoms with Gasteiger partial charge in [0.2, 0.25) is 5.91 Å². The number of aromatic amines is 1. The van der Waals surface area contributed by atoms with E-state index in [-0.39, 0.29) is 11.9 Å². The highest BCUT2D eigenvalue weighted by molar-refractivity contribution is 5.82. The molecule has 1 aromatic carbocycles. The highest BCUT2D eigenvalue weighted by Gasteiger charge is 2.20. The summed E-state index contributed by atoms with van der Waals surface area (Å²) in [5.74, 6) is 2.26. The van der Waals surface area contributed by atoms with E-state index in [0.717, 1.165) is 34.6 Å². The number of hydrogen-bond acceptors (Lipinski definition) is 4. The molecule has 158 valence electrons. The summed E-state index contributed by atoms with van der Waals surface area (Å²) in [4.78, 5) is 19.8. The summed E-state index contributed by atoms with van der Waals surface area (Å²) >= 11 is 0. The molecule has 3 aromatic rings. The van der Waals surface area contributed by atoms with Crippen molar-refractivity contribution in [2.24, 2.45) is 5.92 Å². The minimum absolute atomic E-state index is 0.0396. The molecule has 1 amide bonds. The lowest BCUT2D eigenvalue weighted by molar-refractivity contribution is -0.122. The predicted octanol–water partition coefficient (Wildman–Crippen LogP) is 4.18. The second-order valence-electron chi connectivity index (χ2n) is 8.08. The quantitative estimate of drug-likeness (QED) is 0.524. The molecule has 6 nitrogen and oxygen atoms in total. The fourth-order valence-corrected chi connectivity index (χ4v) is 4.21. The maximum absolute atomic E-state index is 12.4. The molecule has 2 aromatic heterocycles. The van der Waals surface area contributed by atoms with Crippen LogP contribution < -0.4 is 15.4 Å². The molecule has 1 saturated carbocycles. The van der Waals surface area contributed by atoms with Gasteiger partial charge in [0.1, 0.15) is 17.1 Å². The minimum Gasteiger partial charge on any atom is -0.457 e. The fraction of sp³-hybridized carbons (Fsp3) is 0.417. The number of aromatic nitrogens is 2. The molecule has 1 unspecified atom stereocenters. The van der Waals surface area contributed by atoms with E-state index in [1.807, 2.05) is 42.6 Å². The SMILES string of the molecule is CNC(=O)C(Cc1ccc(Oc2ccnc3[nH]ccc23)cc1)NCC1CCCCC1. The summed E-state index contributed by atoms with van der Waals surface area (Å²) in [5, 5.41) is 7.26. The molecule has 4 rings (SSSR count). The second-order valence-corrected chi connectivity index (χ2v) is 8.08. The van der Waals surface area contributed by atoms with Crippen molar-refractivity contribution in [2.75, 3.05) is 13.6 Å². The first kappa shape index (κ1) is 20.4. The Hall–Kier alpha value is -2.86. The van der Waals surface area contributed by atoms with Crippen LogP contribution in [0, 0.1) is 5.92 Å². The van der Waals surface area contributed by atoms with E-state index in [4.69, 9.17) is 4.74 Å². The Labute approximate surface area is 177 Å². The van der Waals surface area contributed by atoms with Gasteiger partial charge in [0.25, 0.3) is 0 Å². The van der Waals surface area contributed by atoms with Crippen molar-refractivity contribution in [3.8, 4) is 11.5 Å². The summed E-state index contributed by atoms with van der Waals surface area (Å²) in [6.07, 6.45) is 10.7. The van der Waals surface area contributed by atoms with Crippen molar-refractivity contribution in [3.05, 3.63) is 54.4 Å². The second kappa shape index (κ2) is 9.76. The van der Waals surface area contributed by atoms with Crippen molar-refractivity contribution in [2.45, 2.75) is 44.6 Å². The van der Waals surface area contributed by atoms with Crippen LogP contribution in [0.3, 0.4) is 0 Å². The Morgan fingerprint density at radius 3 is 2.73 bits per heavy atom. The van der Waals surface area contributed by atoms with Crippen LogP contribution in [-0.4, -0.2) is 35.5 Å². The molecule has 30 heavy (non-hydrogen) atoms. The lowest BCUT2D eigenvalue weighted by atomic mass is 9.89. The average molecular weight is 407 g/mol. The van der Waals surface area contributed by atoms with Crippen LogP contribution in [0.5, 0.6) is 11.5 Å². The van der Waals surface area contributed by atoms with Crippen molar-refractivity contribution < 1.29 is 9.53 Å². The standard InChI is InChI=1S/C24H30N4O2/c1-25-24(29)21(28-16-18-5-3-2-4-6-18)15-17-7-9-19(10-8-17)30-22-12-14-27-23-20(22)11-13-26-23/h7-14,18,21,28H,2-6,15-16H2,1H3,(H,25,29)(H,26,27). The molecule has 0 spiro atoms. The lowest BCUT2D eigenvalue weighted by Crippen LogP contribution is -2.46. The maximum atomic E-state index is 12.4. The summed E-state index contributed by atoms with van der Waals surface area (Å²) in [5.41, 5.74) is 1.91. The molecule has 1 aliphatic rings. The van der Waals surface area contributed by atoms with E-state index in [1.165, 1.54) is 32.1 Å². The molecule has 1 atom stereocenters. The van der Waals surface area contributed by atoms with Gasteiger partial charge in [-0.2, -0.15) is 0 Å². The van der Waals surface area contributed by atoms with Crippen molar-refractivity contribution in [1.29, 1.82) is 0 Å². The van der Waals surface area contributed by atoms with Crippen LogP contribution in [0.2, 0.25) is 0 Å². The highest BCUT2D eigenvalue weighted by atomic mass is 16.5. The van der Waals surface area contributed by atoms with Crippen LogP contribution in [0.4, 0.5) is 0 Å². The third-order valence-corrected chi connectivity index (χ3v) is 5.95. The van der Waals surface area contributed by atoms with Crippen LogP contribution in [0.25, 0.3) is 11.0 Å². The van der Waals surface area contributed by atoms with Gasteiger partial charge >= 0.3 is 0 Å². The number of nitrogens with zero attached hydrogens (tertiary/aromatic N) is 1. The number of likely N-dealkylation sites (N-methyl/N-ethyl adjacent to an activating group) is 1. The summed E-state index contributed by atoms with van der Waals surface area (Å²) in [6, 6.07) is 11.6. The molecule has 0 radical (unpaired) electrons. The smallest absolute Gasteiger partial charge is 0.237 e. The summed E-state index contributed by atoms with van der Waals surface area (Å²) < 4.78 is 6.05. The van der Waals surface area contributed by atoms with Crippen LogP contribution >= 0.6 is 0 Å². The van der Waals surface area contributed by atoms with E-state index in [2.05, 4.69) is 20.6 Å². The molecular weight excluding hydrogens is 376 g/mol. The number of hydrogen-bond donors (Lipinski definition) is 3. The molecule has 0 saturated heterocycles. The average Bonchev–Trinajstić information content (AvgIpc) is 3.28. The zero-order valence-electron chi connectivity index (χ0n) is 17.5. The van der Waals surface area contributed by atoms with E-state index in [0.29, 0.717) is 12.3 Å². The molecule has 2 heterocycles. The van der Waals surface area contributed by atoms with Gasteiger partial charge in [-0.3, -0.25) is 4.79 Å². The van der Waals surface area contributed by atoms with Gasteiger partial charge in [-0.25, -0.2) is 4.98 Å². The highest BCUT2D eigenvalue weighted by Crippen LogP contribution is 2.28. The zero-order valence-corrected chi connectivity index (χ0v) is 17.5. The van der Waals surface area contributed by atoms with Crippen LogP contribution in [-0.2, 0) is 11.2 Å². The monoisotopic (exact) mass is 406 g/mol. The Morgan fingerprint density at radius 1 is 1.17 bits per heavy atom. The zero-order chi connectivity index (χ0) is 20.8. The van der Waals surface area contributed by atoms with Crippen molar-refractivity contribution in [1.82, 2.24) is 20.6 Å². The summed E-state index contributed by atoms with van der Waals surface area (Å²) in [6.45, 7) is 0.911. The lowest BCUT2D eigenvalue weighted by Gasteiger charge is -2.25. The van der Waals surface area contributed by atoms with Gasteiger partial charge in [0.15, 0.2) is 0 Å². The third-order valence-electron chi connectivity index (χ3n) is 5.95. The molecule has 0 bridgehead atoms. The van der Waals surface area contributed by atoms with Gasteiger partial charge in [-0.1, -0.05) is 31.4 Å². The first-order valence-electron chi connectivity index (χ1n) is 10.9. The molecule has 6 heteroatoms. The fourth-order valence-electron chi connectivity index (χ4n) is 4.21. The summed E-state index contributed by atoms with van der Waals surface area (Å²) in [7, 11) is 1.70. The van der Waals surface area contributed by atoms with Gasteiger partial charge in [-0.05, 0) is 61.6 Å². The van der Waals surface area contributed by atoms with E-state index >= 15 is 0 Å². The van der Waals surface area contributed by atoms with Gasteiger partial charge < -0.3 is 20.4 Å². The van der Waals surface area contributed by atoms with Gasteiger partial charge in [-0.15, -0.1) is 0 Å². The Kier molecular flexibility index (Phi) is 6.64. The molecule has 1 aliphatic carbocycles. The van der Waals surface area contributed by atoms with Gasteiger partial charge in [0, 0.05) is 19.4 Å². The third kappa shape index (κ3) is 5.00. The Bertz CT molecular complexity index is 961. The number of rotatable bonds is 8. The van der Waals surface area contributed by atoms with Crippen LogP contribution in [0.15, 0.2) is 48.8 Å². The van der Waals surface area contributed by atoms with Gasteiger partial charge in [0.05, 0.1) is 11.4 Å². The number of amides is 1. The number of carbonyl (C=O) groups excluding carboxylic acids is 1. The number of fused-ring (bicyclic) bond motifs is 1. The normalized spacial score (nSPS) is 15.8. The van der Waals surface area contributed by atoms with E-state index in [9.17, 15) is 4.79 Å². The molecule has 1 fully saturated rings. The predicted molar refractivity (Wildman–Crippen MR) is 119 cm³/mol. The van der Waals surface area contributed by atoms with Crippen molar-refractivity contribution >= 4 is 16.9 Å². The number of nitrogens with one attached hydrogen (secondary N) is 3. The number of H-pyrrole nitrogens is 1. The minimum atomic E-state index is -0.219. The first-order chi connectivity index (χ1) is 14.7. The molecule has 0 aliphatic heterocycles. The first-order valence-corrected chi connectivity index (χ1v) is 10.9. The van der Waals surface area contributed by atoms with E-state index in [1.54, 1.807) is 13.2 Å². The van der Waals surface area contributed by atoms with E-state index < -0.39 is 0 Å². The molecule has 3 N–H and O–H groups in total. The number of benzene rings is 1. The topological polar surface area (TPSA) is 79.0 Å². The largest absolute Gasteiger partial charge is 0.457 e. The number of pyridine rings is 1.